The Morgan fingerprint density at radius 3 is 1.92 bits per heavy atom. The summed E-state index contributed by atoms with van der Waals surface area (Å²) in [5.74, 6) is 0.856. The molecule has 0 spiro atoms. The normalized spacial score (nSPS) is 14.3. The first-order valence-corrected chi connectivity index (χ1v) is 17.6. The van der Waals surface area contributed by atoms with Crippen LogP contribution in [0.1, 0.15) is 22.7 Å². The second-order valence-electron chi connectivity index (χ2n) is 13.3. The van der Waals surface area contributed by atoms with Gasteiger partial charge in [0.2, 0.25) is 0 Å². The molecule has 0 amide bonds. The van der Waals surface area contributed by atoms with Crippen LogP contribution in [0.25, 0.3) is 71.4 Å². The van der Waals surface area contributed by atoms with E-state index in [-0.39, 0.29) is 6.04 Å². The summed E-state index contributed by atoms with van der Waals surface area (Å²) in [5.41, 5.74) is 10.6. The van der Waals surface area contributed by atoms with Crippen LogP contribution in [-0.4, -0.2) is 15.8 Å². The molecule has 4 nitrogen and oxygen atoms in total. The Hall–Kier alpha value is -6.91. The number of hydrogen-bond donors (Lipinski definition) is 1. The van der Waals surface area contributed by atoms with Gasteiger partial charge in [-0.2, -0.15) is 0 Å². The number of fused-ring (bicyclic) bond motifs is 5. The molecule has 0 aliphatic carbocycles. The molecule has 244 valence electrons. The molecular weight excluding hydrogens is 633 g/mol. The average molecular weight is 665 g/mol. The molecular formula is C48H32N4. The maximum Gasteiger partial charge on any atom is 0.134 e. The standard InChI is InChI=1S/C48H32N4/c1-3-10-31(11-4-1)41-25-23-32-12-7-8-16-40(32)45(41)44-30-43(51-48(52-44)35-13-5-2-6-14-35)39-22-20-36-28-38(21-19-37(36)29-39)42-26-24-34-18-17-33-15-9-27-49-46(33)47(34)50-42/h1-30,44H,(H,51,52). The van der Waals surface area contributed by atoms with E-state index in [4.69, 9.17) is 9.98 Å². The molecule has 1 aliphatic rings. The quantitative estimate of drug-likeness (QED) is 0.186. The van der Waals surface area contributed by atoms with Crippen molar-refractivity contribution in [3.05, 3.63) is 199 Å². The van der Waals surface area contributed by atoms with Crippen LogP contribution >= 0.6 is 0 Å². The van der Waals surface area contributed by atoms with Crippen molar-refractivity contribution < 1.29 is 0 Å². The second kappa shape index (κ2) is 12.4. The van der Waals surface area contributed by atoms with Crippen molar-refractivity contribution >= 4 is 54.9 Å². The number of amidine groups is 1. The molecule has 0 radical (unpaired) electrons. The van der Waals surface area contributed by atoms with Gasteiger partial charge in [-0.3, -0.25) is 4.98 Å². The van der Waals surface area contributed by atoms with Gasteiger partial charge in [-0.25, -0.2) is 9.98 Å². The van der Waals surface area contributed by atoms with Crippen molar-refractivity contribution in [3.63, 3.8) is 0 Å². The first kappa shape index (κ1) is 30.0. The number of aliphatic imine (C=N–C) groups is 1. The molecule has 3 heterocycles. The lowest BCUT2D eigenvalue weighted by atomic mass is 9.88. The first-order chi connectivity index (χ1) is 25.7. The molecule has 0 saturated heterocycles. The molecule has 1 atom stereocenters. The minimum Gasteiger partial charge on any atom is -0.359 e. The molecule has 0 bridgehead atoms. The highest BCUT2D eigenvalue weighted by Crippen LogP contribution is 2.39. The number of rotatable bonds is 5. The smallest absolute Gasteiger partial charge is 0.134 e. The Balaban J connectivity index is 1.09. The van der Waals surface area contributed by atoms with E-state index in [2.05, 4.69) is 174 Å². The van der Waals surface area contributed by atoms with Crippen LogP contribution in [0.2, 0.25) is 0 Å². The minimum absolute atomic E-state index is 0.119. The van der Waals surface area contributed by atoms with E-state index in [0.717, 1.165) is 66.5 Å². The number of nitrogens with one attached hydrogen (secondary N) is 1. The zero-order valence-corrected chi connectivity index (χ0v) is 28.2. The Kier molecular flexibility index (Phi) is 7.17. The van der Waals surface area contributed by atoms with Gasteiger partial charge in [0.05, 0.1) is 28.5 Å². The number of aromatic nitrogens is 2. The predicted molar refractivity (Wildman–Crippen MR) is 216 cm³/mol. The van der Waals surface area contributed by atoms with Gasteiger partial charge in [0.1, 0.15) is 5.84 Å². The van der Waals surface area contributed by atoms with Gasteiger partial charge >= 0.3 is 0 Å². The third kappa shape index (κ3) is 5.29. The number of nitrogens with zero attached hydrogens (tertiary/aromatic N) is 3. The summed E-state index contributed by atoms with van der Waals surface area (Å²) in [6.45, 7) is 0. The molecule has 0 fully saturated rings. The van der Waals surface area contributed by atoms with Crippen molar-refractivity contribution in [2.45, 2.75) is 6.04 Å². The summed E-state index contributed by atoms with van der Waals surface area (Å²) in [5, 5.41) is 10.8. The van der Waals surface area contributed by atoms with Gasteiger partial charge in [0.25, 0.3) is 0 Å². The highest BCUT2D eigenvalue weighted by atomic mass is 15.0. The van der Waals surface area contributed by atoms with Gasteiger partial charge in [-0.05, 0) is 68.6 Å². The minimum atomic E-state index is -0.119. The number of benzene rings is 7. The summed E-state index contributed by atoms with van der Waals surface area (Å²) in [7, 11) is 0. The van der Waals surface area contributed by atoms with E-state index < -0.39 is 0 Å². The summed E-state index contributed by atoms with van der Waals surface area (Å²) in [4.78, 5) is 15.0. The maximum absolute atomic E-state index is 5.26. The Morgan fingerprint density at radius 1 is 0.462 bits per heavy atom. The summed E-state index contributed by atoms with van der Waals surface area (Å²) >= 11 is 0. The summed E-state index contributed by atoms with van der Waals surface area (Å²) in [6, 6.07) is 59.9. The van der Waals surface area contributed by atoms with Gasteiger partial charge < -0.3 is 5.32 Å². The lowest BCUT2D eigenvalue weighted by molar-refractivity contribution is 0.789. The Labute approximate surface area is 301 Å². The lowest BCUT2D eigenvalue weighted by Gasteiger charge is -2.27. The van der Waals surface area contributed by atoms with Crippen LogP contribution in [0.5, 0.6) is 0 Å². The summed E-state index contributed by atoms with van der Waals surface area (Å²) < 4.78 is 0. The third-order valence-corrected chi connectivity index (χ3v) is 10.1. The molecule has 52 heavy (non-hydrogen) atoms. The second-order valence-corrected chi connectivity index (χ2v) is 13.3. The highest BCUT2D eigenvalue weighted by molar-refractivity contribution is 6.06. The fraction of sp³-hybridized carbons (Fsp3) is 0.0208. The fourth-order valence-electron chi connectivity index (χ4n) is 7.55. The molecule has 1 unspecified atom stereocenters. The average Bonchev–Trinajstić information content (AvgIpc) is 3.23. The first-order valence-electron chi connectivity index (χ1n) is 17.6. The molecule has 9 aromatic rings. The van der Waals surface area contributed by atoms with Crippen LogP contribution in [0.4, 0.5) is 0 Å². The molecule has 7 aromatic carbocycles. The van der Waals surface area contributed by atoms with E-state index in [1.807, 2.05) is 18.3 Å². The molecule has 1 aliphatic heterocycles. The van der Waals surface area contributed by atoms with E-state index in [1.54, 1.807) is 0 Å². The lowest BCUT2D eigenvalue weighted by Crippen LogP contribution is -2.31. The highest BCUT2D eigenvalue weighted by Gasteiger charge is 2.24. The van der Waals surface area contributed by atoms with Gasteiger partial charge in [0, 0.05) is 33.7 Å². The third-order valence-electron chi connectivity index (χ3n) is 10.1. The largest absolute Gasteiger partial charge is 0.359 e. The summed E-state index contributed by atoms with van der Waals surface area (Å²) in [6.07, 6.45) is 4.12. The van der Waals surface area contributed by atoms with Crippen molar-refractivity contribution in [2.24, 2.45) is 4.99 Å². The monoisotopic (exact) mass is 664 g/mol. The van der Waals surface area contributed by atoms with E-state index in [1.165, 1.54) is 27.5 Å². The zero-order chi connectivity index (χ0) is 34.4. The molecule has 2 aromatic heterocycles. The number of hydrogen-bond acceptors (Lipinski definition) is 4. The van der Waals surface area contributed by atoms with Crippen LogP contribution < -0.4 is 5.32 Å². The van der Waals surface area contributed by atoms with Crippen LogP contribution in [0.15, 0.2) is 187 Å². The van der Waals surface area contributed by atoms with Crippen LogP contribution in [0, 0.1) is 0 Å². The SMILES string of the molecule is C1=C(c2ccc3cc(-c4ccc5ccc6cccnc6c5n4)ccc3c2)N=C(c2ccccc2)NC1c1c(-c2ccccc2)ccc2ccccc12. The maximum atomic E-state index is 5.26. The topological polar surface area (TPSA) is 50.2 Å². The molecule has 0 saturated carbocycles. The van der Waals surface area contributed by atoms with Crippen molar-refractivity contribution in [2.75, 3.05) is 0 Å². The Bertz CT molecular complexity index is 2870. The zero-order valence-electron chi connectivity index (χ0n) is 28.2. The van der Waals surface area contributed by atoms with E-state index in [0.29, 0.717) is 0 Å². The predicted octanol–water partition coefficient (Wildman–Crippen LogP) is 11.6. The molecule has 1 N–H and O–H groups in total. The van der Waals surface area contributed by atoms with E-state index in [9.17, 15) is 0 Å². The molecule has 10 rings (SSSR count). The van der Waals surface area contributed by atoms with Crippen LogP contribution in [0.3, 0.4) is 0 Å². The Morgan fingerprint density at radius 2 is 1.10 bits per heavy atom. The van der Waals surface area contributed by atoms with Gasteiger partial charge in [0.15, 0.2) is 0 Å². The van der Waals surface area contributed by atoms with Crippen LogP contribution in [-0.2, 0) is 0 Å². The fourth-order valence-corrected chi connectivity index (χ4v) is 7.55. The van der Waals surface area contributed by atoms with Crippen molar-refractivity contribution in [1.82, 2.24) is 15.3 Å². The van der Waals surface area contributed by atoms with Crippen molar-refractivity contribution in [3.8, 4) is 22.4 Å². The number of pyridine rings is 2. The van der Waals surface area contributed by atoms with Crippen molar-refractivity contribution in [1.29, 1.82) is 0 Å². The van der Waals surface area contributed by atoms with E-state index >= 15 is 0 Å². The molecule has 4 heteroatoms. The van der Waals surface area contributed by atoms with Gasteiger partial charge in [-0.1, -0.05) is 146 Å². The van der Waals surface area contributed by atoms with Gasteiger partial charge in [-0.15, -0.1) is 0 Å².